The highest BCUT2D eigenvalue weighted by Crippen LogP contribution is 2.16. The molecule has 2 amide bonds. The van der Waals surface area contributed by atoms with Crippen LogP contribution < -0.4 is 5.32 Å². The second-order valence-corrected chi connectivity index (χ2v) is 4.96. The van der Waals surface area contributed by atoms with Gasteiger partial charge in [0.05, 0.1) is 0 Å². The first kappa shape index (κ1) is 15.0. The van der Waals surface area contributed by atoms with Crippen LogP contribution in [0.15, 0.2) is 24.5 Å². The molecule has 1 aromatic heterocycles. The van der Waals surface area contributed by atoms with Crippen molar-refractivity contribution in [3.63, 3.8) is 0 Å². The lowest BCUT2D eigenvalue weighted by atomic mass is 9.59. The van der Waals surface area contributed by atoms with Crippen LogP contribution in [0.5, 0.6) is 0 Å². The van der Waals surface area contributed by atoms with Crippen LogP contribution in [0.2, 0.25) is 6.32 Å². The number of rotatable bonds is 4. The Kier molecular flexibility index (Phi) is 4.57. The summed E-state index contributed by atoms with van der Waals surface area (Å²) < 4.78 is 0. The molecular formula is C13H16BN3O4. The van der Waals surface area contributed by atoms with Gasteiger partial charge in [0.25, 0.3) is 11.8 Å². The second-order valence-electron chi connectivity index (χ2n) is 4.96. The van der Waals surface area contributed by atoms with Gasteiger partial charge in [-0.1, -0.05) is 0 Å². The summed E-state index contributed by atoms with van der Waals surface area (Å²) >= 11 is 0. The molecule has 2 rings (SSSR count). The molecular weight excluding hydrogens is 273 g/mol. The minimum Gasteiger partial charge on any atom is -0.487 e. The highest BCUT2D eigenvalue weighted by atomic mass is 16.4. The molecule has 1 aromatic rings. The molecule has 1 saturated heterocycles. The summed E-state index contributed by atoms with van der Waals surface area (Å²) in [6.45, 7) is 1.17. The molecule has 0 spiro atoms. The predicted molar refractivity (Wildman–Crippen MR) is 76.1 cm³/mol. The summed E-state index contributed by atoms with van der Waals surface area (Å²) in [4.78, 5) is 40.5. The monoisotopic (exact) mass is 289 g/mol. The molecule has 2 N–H and O–H groups in total. The van der Waals surface area contributed by atoms with Crippen molar-refractivity contribution in [3.8, 4) is 0 Å². The lowest BCUT2D eigenvalue weighted by molar-refractivity contribution is -0.128. The first-order chi connectivity index (χ1) is 10.0. The van der Waals surface area contributed by atoms with Crippen LogP contribution in [0.1, 0.15) is 23.7 Å². The zero-order valence-electron chi connectivity index (χ0n) is 11.7. The molecule has 7 nitrogen and oxygen atoms in total. The standard InChI is InChI=1S/C13H16BN3O4/c1-9(16-11(18)10-3-6-15-7-4-10)12(19)17-8-2-5-14(17)13(20)21/h3-4,6-7,9H,2,5,8H2,1H3,(H,16,18)(H,20,21). The van der Waals surface area contributed by atoms with E-state index in [2.05, 4.69) is 10.3 Å². The molecule has 110 valence electrons. The fraction of sp³-hybridized carbons (Fsp3) is 0.385. The van der Waals surface area contributed by atoms with Crippen LogP contribution in [-0.2, 0) is 4.79 Å². The normalized spacial score (nSPS) is 15.7. The molecule has 8 heteroatoms. The van der Waals surface area contributed by atoms with Gasteiger partial charge < -0.3 is 15.2 Å². The number of carbonyl (C=O) groups is 3. The third-order valence-electron chi connectivity index (χ3n) is 3.48. The maximum atomic E-state index is 12.3. The van der Waals surface area contributed by atoms with Gasteiger partial charge in [0.1, 0.15) is 6.04 Å². The third-order valence-corrected chi connectivity index (χ3v) is 3.48. The van der Waals surface area contributed by atoms with Gasteiger partial charge >= 0.3 is 6.85 Å². The Labute approximate surface area is 122 Å². The molecule has 1 aliphatic rings. The largest absolute Gasteiger partial charge is 0.487 e. The lowest BCUT2D eigenvalue weighted by Crippen LogP contribution is -2.52. The average Bonchev–Trinajstić information content (AvgIpc) is 2.96. The van der Waals surface area contributed by atoms with Crippen LogP contribution >= 0.6 is 0 Å². The van der Waals surface area contributed by atoms with Gasteiger partial charge in [-0.2, -0.15) is 0 Å². The van der Waals surface area contributed by atoms with E-state index in [4.69, 9.17) is 5.11 Å². The first-order valence-corrected chi connectivity index (χ1v) is 6.75. The van der Waals surface area contributed by atoms with Crippen molar-refractivity contribution in [2.75, 3.05) is 6.54 Å². The number of nitrogens with zero attached hydrogens (tertiary/aromatic N) is 2. The van der Waals surface area contributed by atoms with E-state index in [1.807, 2.05) is 0 Å². The van der Waals surface area contributed by atoms with Gasteiger partial charge in [0, 0.05) is 24.5 Å². The van der Waals surface area contributed by atoms with Crippen LogP contribution in [0.4, 0.5) is 4.79 Å². The number of carbonyl (C=O) groups excluding carboxylic acids is 2. The number of amides is 2. The SMILES string of the molecule is CC(NC(=O)c1ccncc1)C(=O)N1CCCB1C(=O)O. The summed E-state index contributed by atoms with van der Waals surface area (Å²) in [5.41, 5.74) is 0.404. The zero-order valence-corrected chi connectivity index (χ0v) is 11.7. The van der Waals surface area contributed by atoms with E-state index in [-0.39, 0.29) is 11.8 Å². The summed E-state index contributed by atoms with van der Waals surface area (Å²) in [5.74, 6) is -1.76. The topological polar surface area (TPSA) is 99.6 Å². The fourth-order valence-corrected chi connectivity index (χ4v) is 2.38. The van der Waals surface area contributed by atoms with Gasteiger partial charge in [-0.05, 0) is 31.8 Å². The van der Waals surface area contributed by atoms with Crippen LogP contribution in [-0.4, -0.2) is 52.0 Å². The van der Waals surface area contributed by atoms with Crippen molar-refractivity contribution in [1.29, 1.82) is 0 Å². The molecule has 1 fully saturated rings. The molecule has 1 unspecified atom stereocenters. The number of aromatic nitrogens is 1. The summed E-state index contributed by atoms with van der Waals surface area (Å²) in [5, 5.41) is 11.7. The average molecular weight is 289 g/mol. The maximum Gasteiger partial charge on any atom is 0.390 e. The van der Waals surface area contributed by atoms with E-state index in [0.717, 1.165) is 0 Å². The number of carboxylic acid groups (broad SMARTS) is 1. The van der Waals surface area contributed by atoms with Gasteiger partial charge in [-0.25, -0.2) is 0 Å². The summed E-state index contributed by atoms with van der Waals surface area (Å²) in [7, 11) is 0. The second kappa shape index (κ2) is 6.38. The quantitative estimate of drug-likeness (QED) is 0.794. The number of hydrogen-bond acceptors (Lipinski definition) is 4. The fourth-order valence-electron chi connectivity index (χ4n) is 2.38. The van der Waals surface area contributed by atoms with Crippen LogP contribution in [0.3, 0.4) is 0 Å². The number of hydrogen-bond donors (Lipinski definition) is 2. The third kappa shape index (κ3) is 3.39. The van der Waals surface area contributed by atoms with Gasteiger partial charge in [-0.15, -0.1) is 0 Å². The lowest BCUT2D eigenvalue weighted by Gasteiger charge is -2.24. The number of nitrogens with one attached hydrogen (secondary N) is 1. The molecule has 0 aliphatic carbocycles. The van der Waals surface area contributed by atoms with Gasteiger partial charge in [-0.3, -0.25) is 19.4 Å². The molecule has 0 aromatic carbocycles. The Morgan fingerprint density at radius 3 is 2.67 bits per heavy atom. The Hall–Kier alpha value is -2.38. The molecule has 1 aliphatic heterocycles. The van der Waals surface area contributed by atoms with Crippen molar-refractivity contribution in [2.24, 2.45) is 0 Å². The Morgan fingerprint density at radius 2 is 2.05 bits per heavy atom. The van der Waals surface area contributed by atoms with Crippen molar-refractivity contribution >= 4 is 24.5 Å². The van der Waals surface area contributed by atoms with Crippen molar-refractivity contribution in [2.45, 2.75) is 25.7 Å². The summed E-state index contributed by atoms with van der Waals surface area (Å²) in [6, 6.07) is 2.32. The molecule has 0 bridgehead atoms. The minimum absolute atomic E-state index is 0.373. The highest BCUT2D eigenvalue weighted by molar-refractivity contribution is 6.88. The predicted octanol–water partition coefficient (Wildman–Crippen LogP) is 0.683. The molecule has 0 radical (unpaired) electrons. The maximum absolute atomic E-state index is 12.3. The molecule has 2 heterocycles. The van der Waals surface area contributed by atoms with Crippen LogP contribution in [0, 0.1) is 0 Å². The van der Waals surface area contributed by atoms with E-state index < -0.39 is 18.8 Å². The van der Waals surface area contributed by atoms with E-state index >= 15 is 0 Å². The zero-order chi connectivity index (χ0) is 15.4. The smallest absolute Gasteiger partial charge is 0.390 e. The first-order valence-electron chi connectivity index (χ1n) is 6.75. The van der Waals surface area contributed by atoms with E-state index in [9.17, 15) is 14.4 Å². The number of pyridine rings is 1. The van der Waals surface area contributed by atoms with Gasteiger partial charge in [0.15, 0.2) is 0 Å². The summed E-state index contributed by atoms with van der Waals surface area (Å²) in [6.07, 6.45) is 4.09. The van der Waals surface area contributed by atoms with E-state index in [1.165, 1.54) is 17.2 Å². The van der Waals surface area contributed by atoms with E-state index in [0.29, 0.717) is 24.8 Å². The van der Waals surface area contributed by atoms with Crippen molar-refractivity contribution in [1.82, 2.24) is 15.1 Å². The molecule has 21 heavy (non-hydrogen) atoms. The highest BCUT2D eigenvalue weighted by Gasteiger charge is 2.40. The van der Waals surface area contributed by atoms with E-state index in [1.54, 1.807) is 19.1 Å². The van der Waals surface area contributed by atoms with Crippen molar-refractivity contribution < 1.29 is 19.5 Å². The molecule has 0 saturated carbocycles. The Balaban J connectivity index is 2.00. The van der Waals surface area contributed by atoms with Crippen molar-refractivity contribution in [3.05, 3.63) is 30.1 Å². The Bertz CT molecular complexity index is 552. The molecule has 1 atom stereocenters. The van der Waals surface area contributed by atoms with Crippen LogP contribution in [0.25, 0.3) is 0 Å². The van der Waals surface area contributed by atoms with Gasteiger partial charge in [0.2, 0.25) is 5.91 Å². The Morgan fingerprint density at radius 1 is 1.38 bits per heavy atom. The minimum atomic E-state index is -1.01.